The fraction of sp³-hybridized carbons (Fsp3) is 0.160. The van der Waals surface area contributed by atoms with Gasteiger partial charge in [0.25, 0.3) is 5.91 Å². The van der Waals surface area contributed by atoms with Crippen molar-refractivity contribution in [2.75, 3.05) is 6.61 Å². The van der Waals surface area contributed by atoms with E-state index in [1.54, 1.807) is 73.7 Å². The normalized spacial score (nSPS) is 11.6. The maximum Gasteiger partial charge on any atom is 0.343 e. The smallest absolute Gasteiger partial charge is 0.343 e. The molecule has 170 valence electrons. The van der Waals surface area contributed by atoms with E-state index >= 15 is 0 Å². The SMILES string of the molecule is CCOc1cc(/C=N\NC(=O)[C@@H](C)Oc2ccc(Cl)cc2)ccc1OC(=O)c1ccccc1. The van der Waals surface area contributed by atoms with Crippen LogP contribution in [0.2, 0.25) is 5.02 Å². The summed E-state index contributed by atoms with van der Waals surface area (Å²) in [7, 11) is 0. The summed E-state index contributed by atoms with van der Waals surface area (Å²) in [4.78, 5) is 24.6. The molecular weight excluding hydrogens is 444 g/mol. The van der Waals surface area contributed by atoms with Gasteiger partial charge in [-0.1, -0.05) is 29.8 Å². The fourth-order valence-electron chi connectivity index (χ4n) is 2.72. The zero-order chi connectivity index (χ0) is 23.6. The minimum atomic E-state index is -0.762. The van der Waals surface area contributed by atoms with Crippen molar-refractivity contribution >= 4 is 29.7 Å². The van der Waals surface area contributed by atoms with Crippen LogP contribution >= 0.6 is 11.6 Å². The maximum atomic E-state index is 12.3. The first-order valence-electron chi connectivity index (χ1n) is 10.3. The molecule has 8 heteroatoms. The quantitative estimate of drug-likeness (QED) is 0.210. The van der Waals surface area contributed by atoms with E-state index in [4.69, 9.17) is 25.8 Å². The van der Waals surface area contributed by atoms with Crippen LogP contribution in [-0.2, 0) is 4.79 Å². The standard InChI is InChI=1S/C25H23ClN2O5/c1-3-31-23-15-18(9-14-22(23)33-25(30)19-7-5-4-6-8-19)16-27-28-24(29)17(2)32-21-12-10-20(26)11-13-21/h4-17H,3H2,1-2H3,(H,28,29)/b27-16-/t17-/m1/s1. The summed E-state index contributed by atoms with van der Waals surface area (Å²) in [6.45, 7) is 3.82. The van der Waals surface area contributed by atoms with E-state index in [0.29, 0.717) is 34.3 Å². The average Bonchev–Trinajstić information content (AvgIpc) is 2.82. The molecule has 3 rings (SSSR count). The van der Waals surface area contributed by atoms with Crippen LogP contribution in [0.15, 0.2) is 77.9 Å². The molecule has 0 heterocycles. The van der Waals surface area contributed by atoms with Crippen LogP contribution in [-0.4, -0.2) is 30.8 Å². The zero-order valence-electron chi connectivity index (χ0n) is 18.2. The molecule has 1 amide bonds. The van der Waals surface area contributed by atoms with E-state index in [1.807, 2.05) is 13.0 Å². The third-order valence-electron chi connectivity index (χ3n) is 4.36. The fourth-order valence-corrected chi connectivity index (χ4v) is 2.85. The molecule has 0 radical (unpaired) electrons. The van der Waals surface area contributed by atoms with Crippen molar-refractivity contribution in [3.8, 4) is 17.2 Å². The molecule has 0 fully saturated rings. The van der Waals surface area contributed by atoms with Gasteiger partial charge in [0.15, 0.2) is 17.6 Å². The Balaban J connectivity index is 1.61. The predicted molar refractivity (Wildman–Crippen MR) is 126 cm³/mol. The molecule has 7 nitrogen and oxygen atoms in total. The largest absolute Gasteiger partial charge is 0.490 e. The summed E-state index contributed by atoms with van der Waals surface area (Å²) in [6, 6.07) is 20.4. The number of nitrogens with zero attached hydrogens (tertiary/aromatic N) is 1. The van der Waals surface area contributed by atoms with E-state index in [-0.39, 0.29) is 5.75 Å². The van der Waals surface area contributed by atoms with E-state index in [9.17, 15) is 9.59 Å². The van der Waals surface area contributed by atoms with Gasteiger partial charge < -0.3 is 14.2 Å². The number of carbonyl (C=O) groups excluding carboxylic acids is 2. The Hall–Kier alpha value is -3.84. The van der Waals surface area contributed by atoms with Crippen molar-refractivity contribution in [2.24, 2.45) is 5.10 Å². The number of ether oxygens (including phenoxy) is 3. The highest BCUT2D eigenvalue weighted by atomic mass is 35.5. The lowest BCUT2D eigenvalue weighted by Gasteiger charge is -2.13. The summed E-state index contributed by atoms with van der Waals surface area (Å²) in [5.41, 5.74) is 3.51. The first kappa shape index (κ1) is 23.8. The van der Waals surface area contributed by atoms with Crippen LogP contribution in [0.5, 0.6) is 17.2 Å². The van der Waals surface area contributed by atoms with Gasteiger partial charge in [0.05, 0.1) is 18.4 Å². The molecule has 0 aromatic heterocycles. The molecule has 3 aromatic carbocycles. The molecule has 0 aliphatic rings. The number of esters is 1. The first-order chi connectivity index (χ1) is 16.0. The molecule has 0 aliphatic heterocycles. The monoisotopic (exact) mass is 466 g/mol. The number of halogens is 1. The van der Waals surface area contributed by atoms with Crippen LogP contribution in [0.1, 0.15) is 29.8 Å². The minimum absolute atomic E-state index is 0.289. The second-order valence-electron chi connectivity index (χ2n) is 6.84. The number of benzene rings is 3. The highest BCUT2D eigenvalue weighted by molar-refractivity contribution is 6.30. The first-order valence-corrected chi connectivity index (χ1v) is 10.6. The van der Waals surface area contributed by atoms with Gasteiger partial charge in [-0.25, -0.2) is 10.2 Å². The summed E-state index contributed by atoms with van der Waals surface area (Å²) in [5, 5.41) is 4.55. The number of carbonyl (C=O) groups is 2. The molecule has 0 spiro atoms. The Morgan fingerprint density at radius 2 is 1.76 bits per heavy atom. The predicted octanol–water partition coefficient (Wildman–Crippen LogP) is 4.88. The van der Waals surface area contributed by atoms with Gasteiger partial charge in [0.1, 0.15) is 5.75 Å². The number of hydrogen-bond acceptors (Lipinski definition) is 6. The van der Waals surface area contributed by atoms with Gasteiger partial charge in [0.2, 0.25) is 0 Å². The molecule has 1 N–H and O–H groups in total. The summed E-state index contributed by atoms with van der Waals surface area (Å²) >= 11 is 5.84. The van der Waals surface area contributed by atoms with Crippen LogP contribution < -0.4 is 19.6 Å². The van der Waals surface area contributed by atoms with E-state index in [1.165, 1.54) is 6.21 Å². The van der Waals surface area contributed by atoms with Crippen molar-refractivity contribution in [2.45, 2.75) is 20.0 Å². The van der Waals surface area contributed by atoms with Crippen molar-refractivity contribution in [1.29, 1.82) is 0 Å². The molecular formula is C25H23ClN2O5. The second-order valence-corrected chi connectivity index (χ2v) is 7.28. The molecule has 0 bridgehead atoms. The van der Waals surface area contributed by atoms with Crippen molar-refractivity contribution in [3.05, 3.63) is 88.9 Å². The van der Waals surface area contributed by atoms with E-state index in [2.05, 4.69) is 10.5 Å². The molecule has 3 aromatic rings. The molecule has 0 unspecified atom stereocenters. The maximum absolute atomic E-state index is 12.3. The van der Waals surface area contributed by atoms with Gasteiger partial charge in [-0.3, -0.25) is 4.79 Å². The van der Waals surface area contributed by atoms with Crippen LogP contribution in [0.25, 0.3) is 0 Å². The molecule has 0 saturated carbocycles. The highest BCUT2D eigenvalue weighted by Gasteiger charge is 2.15. The zero-order valence-corrected chi connectivity index (χ0v) is 18.9. The topological polar surface area (TPSA) is 86.2 Å². The average molecular weight is 467 g/mol. The number of nitrogens with one attached hydrogen (secondary N) is 1. The minimum Gasteiger partial charge on any atom is -0.490 e. The Bertz CT molecular complexity index is 1120. The highest BCUT2D eigenvalue weighted by Crippen LogP contribution is 2.29. The third kappa shape index (κ3) is 7.08. The Morgan fingerprint density at radius 1 is 1.03 bits per heavy atom. The van der Waals surface area contributed by atoms with Crippen molar-refractivity contribution in [1.82, 2.24) is 5.43 Å². The van der Waals surface area contributed by atoms with Gasteiger partial charge >= 0.3 is 5.97 Å². The lowest BCUT2D eigenvalue weighted by atomic mass is 10.2. The van der Waals surface area contributed by atoms with Crippen LogP contribution in [0.3, 0.4) is 0 Å². The van der Waals surface area contributed by atoms with Gasteiger partial charge in [-0.15, -0.1) is 0 Å². The number of hydrogen-bond donors (Lipinski definition) is 1. The molecule has 0 aliphatic carbocycles. The van der Waals surface area contributed by atoms with E-state index < -0.39 is 18.0 Å². The molecule has 0 saturated heterocycles. The van der Waals surface area contributed by atoms with Crippen LogP contribution in [0, 0.1) is 0 Å². The van der Waals surface area contributed by atoms with Crippen molar-refractivity contribution < 1.29 is 23.8 Å². The third-order valence-corrected chi connectivity index (χ3v) is 4.62. The molecule has 33 heavy (non-hydrogen) atoms. The van der Waals surface area contributed by atoms with Crippen LogP contribution in [0.4, 0.5) is 0 Å². The van der Waals surface area contributed by atoms with Gasteiger partial charge in [0, 0.05) is 5.02 Å². The Kier molecular flexibility index (Phi) is 8.43. The summed E-state index contributed by atoms with van der Waals surface area (Å²) < 4.78 is 16.6. The second kappa shape index (κ2) is 11.7. The summed E-state index contributed by atoms with van der Waals surface area (Å²) in [6.07, 6.45) is 0.695. The molecule has 1 atom stereocenters. The lowest BCUT2D eigenvalue weighted by molar-refractivity contribution is -0.127. The van der Waals surface area contributed by atoms with E-state index in [0.717, 1.165) is 0 Å². The Morgan fingerprint density at radius 3 is 2.45 bits per heavy atom. The Labute approximate surface area is 196 Å². The van der Waals surface area contributed by atoms with Gasteiger partial charge in [-0.05, 0) is 74.0 Å². The number of hydrazone groups is 1. The number of rotatable bonds is 9. The number of amides is 1. The summed E-state index contributed by atoms with van der Waals surface area (Å²) in [5.74, 6) is 0.293. The lowest BCUT2D eigenvalue weighted by Crippen LogP contribution is -2.33. The van der Waals surface area contributed by atoms with Crippen molar-refractivity contribution in [3.63, 3.8) is 0 Å². The van der Waals surface area contributed by atoms with Gasteiger partial charge in [-0.2, -0.15) is 5.10 Å².